The van der Waals surface area contributed by atoms with Gasteiger partial charge in [-0.1, -0.05) is 6.07 Å². The Morgan fingerprint density at radius 1 is 1.16 bits per heavy atom. The molecule has 0 radical (unpaired) electrons. The van der Waals surface area contributed by atoms with Gasteiger partial charge in [-0.3, -0.25) is 4.79 Å². The van der Waals surface area contributed by atoms with E-state index in [9.17, 15) is 27.9 Å². The van der Waals surface area contributed by atoms with Crippen molar-refractivity contribution in [2.45, 2.75) is 13.1 Å². The molecule has 1 amide bonds. The third-order valence-corrected chi connectivity index (χ3v) is 4.73. The molecule has 166 valence electrons. The Hall–Kier alpha value is -3.27. The van der Waals surface area contributed by atoms with Crippen LogP contribution in [0, 0.1) is 6.92 Å². The van der Waals surface area contributed by atoms with Crippen LogP contribution in [0.5, 0.6) is 5.75 Å². The number of ether oxygens (including phenoxy) is 2. The summed E-state index contributed by atoms with van der Waals surface area (Å²) >= 11 is 0. The Kier molecular flexibility index (Phi) is 6.69. The lowest BCUT2D eigenvalue weighted by molar-refractivity contribution is -0.137. The van der Waals surface area contributed by atoms with Gasteiger partial charge in [-0.2, -0.15) is 13.2 Å². The number of morpholine rings is 1. The third-order valence-electron chi connectivity index (χ3n) is 4.73. The molecule has 2 aromatic rings. The molecule has 7 nitrogen and oxygen atoms in total. The molecule has 0 saturated carbocycles. The van der Waals surface area contributed by atoms with Gasteiger partial charge >= 0.3 is 12.1 Å². The molecule has 0 bridgehead atoms. The molecule has 1 saturated heterocycles. The van der Waals surface area contributed by atoms with Crippen LogP contribution in [0.1, 0.15) is 21.5 Å². The van der Waals surface area contributed by atoms with Crippen LogP contribution in [-0.2, 0) is 20.4 Å². The number of hydrogen-bond donors (Lipinski definition) is 2. The molecule has 10 heteroatoms. The maximum atomic E-state index is 13.1. The fourth-order valence-corrected chi connectivity index (χ4v) is 3.03. The number of alkyl halides is 3. The smallest absolute Gasteiger partial charge is 0.416 e. The zero-order chi connectivity index (χ0) is 22.6. The van der Waals surface area contributed by atoms with Gasteiger partial charge in [0.2, 0.25) is 0 Å². The zero-order valence-electron chi connectivity index (χ0n) is 16.7. The molecule has 2 aromatic carbocycles. The van der Waals surface area contributed by atoms with Crippen molar-refractivity contribution in [1.82, 2.24) is 0 Å². The van der Waals surface area contributed by atoms with E-state index in [0.29, 0.717) is 37.6 Å². The first-order chi connectivity index (χ1) is 14.6. The zero-order valence-corrected chi connectivity index (χ0v) is 16.7. The van der Waals surface area contributed by atoms with E-state index in [-0.39, 0.29) is 17.0 Å². The van der Waals surface area contributed by atoms with Gasteiger partial charge in [-0.05, 0) is 42.8 Å². The number of nitrogens with zero attached hydrogens (tertiary/aromatic N) is 1. The van der Waals surface area contributed by atoms with E-state index in [1.165, 1.54) is 24.3 Å². The molecular formula is C21H21F3N2O5. The topological polar surface area (TPSA) is 88.1 Å². The fraction of sp³-hybridized carbons (Fsp3) is 0.333. The molecule has 0 aliphatic carbocycles. The summed E-state index contributed by atoms with van der Waals surface area (Å²) in [6, 6.07) is 7.25. The van der Waals surface area contributed by atoms with Crippen LogP contribution in [0.4, 0.5) is 24.5 Å². The Morgan fingerprint density at radius 3 is 2.52 bits per heavy atom. The highest BCUT2D eigenvalue weighted by Crippen LogP contribution is 2.35. The van der Waals surface area contributed by atoms with Crippen molar-refractivity contribution in [1.29, 1.82) is 0 Å². The van der Waals surface area contributed by atoms with E-state index in [0.717, 1.165) is 12.1 Å². The second-order valence-electron chi connectivity index (χ2n) is 6.95. The number of hydrogen-bond acceptors (Lipinski definition) is 6. The van der Waals surface area contributed by atoms with Crippen LogP contribution in [0.25, 0.3) is 0 Å². The standard InChI is InChI=1S/C21H21F3N2O5/c1-13-2-3-14(10-18(13)27)20(29)31-12-19(28)25-16-11-15(21(22,23)24)4-5-17(16)26-6-8-30-9-7-26/h2-5,10-11,27H,6-9,12H2,1H3,(H,25,28). The van der Waals surface area contributed by atoms with Crippen LogP contribution in [0.15, 0.2) is 36.4 Å². The number of phenols is 1. The minimum atomic E-state index is -4.58. The molecule has 1 heterocycles. The van der Waals surface area contributed by atoms with Crippen LogP contribution >= 0.6 is 0 Å². The summed E-state index contributed by atoms with van der Waals surface area (Å²) in [4.78, 5) is 26.2. The lowest BCUT2D eigenvalue weighted by Crippen LogP contribution is -2.37. The van der Waals surface area contributed by atoms with Crippen molar-refractivity contribution in [3.8, 4) is 5.75 Å². The third kappa shape index (κ3) is 5.66. The van der Waals surface area contributed by atoms with Gasteiger partial charge in [-0.25, -0.2) is 4.79 Å². The molecule has 3 rings (SSSR count). The molecular weight excluding hydrogens is 417 g/mol. The van der Waals surface area contributed by atoms with Gasteiger partial charge in [0.25, 0.3) is 5.91 Å². The number of rotatable bonds is 5. The largest absolute Gasteiger partial charge is 0.508 e. The predicted octanol–water partition coefficient (Wildman–Crippen LogP) is 3.35. The summed E-state index contributed by atoms with van der Waals surface area (Å²) in [5.41, 5.74) is 0.0792. The molecule has 31 heavy (non-hydrogen) atoms. The normalized spacial score (nSPS) is 14.3. The lowest BCUT2D eigenvalue weighted by Gasteiger charge is -2.31. The lowest BCUT2D eigenvalue weighted by atomic mass is 10.1. The van der Waals surface area contributed by atoms with Gasteiger partial charge in [0, 0.05) is 13.1 Å². The van der Waals surface area contributed by atoms with Gasteiger partial charge in [0.15, 0.2) is 6.61 Å². The first kappa shape index (κ1) is 22.4. The van der Waals surface area contributed by atoms with E-state index < -0.39 is 30.2 Å². The second kappa shape index (κ2) is 9.25. The number of phenolic OH excluding ortho intramolecular Hbond substituents is 1. The Labute approximate surface area is 176 Å². The molecule has 1 aliphatic rings. The Bertz CT molecular complexity index is 972. The van der Waals surface area contributed by atoms with E-state index in [4.69, 9.17) is 9.47 Å². The average molecular weight is 438 g/mol. The summed E-state index contributed by atoms with van der Waals surface area (Å²) in [6.45, 7) is 2.69. The summed E-state index contributed by atoms with van der Waals surface area (Å²) in [7, 11) is 0. The monoisotopic (exact) mass is 438 g/mol. The van der Waals surface area contributed by atoms with Gasteiger partial charge < -0.3 is 24.8 Å². The minimum absolute atomic E-state index is 0.0363. The number of halogens is 3. The van der Waals surface area contributed by atoms with Crippen molar-refractivity contribution in [3.05, 3.63) is 53.1 Å². The average Bonchev–Trinajstić information content (AvgIpc) is 2.74. The number of benzene rings is 2. The quantitative estimate of drug-likeness (QED) is 0.697. The van der Waals surface area contributed by atoms with Crippen molar-refractivity contribution < 1.29 is 37.3 Å². The number of esters is 1. The van der Waals surface area contributed by atoms with Gasteiger partial charge in [-0.15, -0.1) is 0 Å². The number of carbonyl (C=O) groups is 2. The number of amides is 1. The molecule has 1 fully saturated rings. The number of nitrogens with one attached hydrogen (secondary N) is 1. The first-order valence-corrected chi connectivity index (χ1v) is 9.45. The van der Waals surface area contributed by atoms with Gasteiger partial charge in [0.1, 0.15) is 5.75 Å². The van der Waals surface area contributed by atoms with Crippen molar-refractivity contribution in [2.75, 3.05) is 43.1 Å². The van der Waals surface area contributed by atoms with E-state index in [2.05, 4.69) is 5.32 Å². The molecule has 2 N–H and O–H groups in total. The molecule has 0 spiro atoms. The highest BCUT2D eigenvalue weighted by Gasteiger charge is 2.32. The predicted molar refractivity (Wildman–Crippen MR) is 106 cm³/mol. The summed E-state index contributed by atoms with van der Waals surface area (Å²) < 4.78 is 49.6. The van der Waals surface area contributed by atoms with Crippen molar-refractivity contribution >= 4 is 23.3 Å². The van der Waals surface area contributed by atoms with Crippen LogP contribution in [0.3, 0.4) is 0 Å². The van der Waals surface area contributed by atoms with Crippen molar-refractivity contribution in [2.24, 2.45) is 0 Å². The molecule has 0 unspecified atom stereocenters. The van der Waals surface area contributed by atoms with Crippen LogP contribution < -0.4 is 10.2 Å². The maximum Gasteiger partial charge on any atom is 0.416 e. The Morgan fingerprint density at radius 2 is 1.87 bits per heavy atom. The van der Waals surface area contributed by atoms with Crippen LogP contribution in [-0.4, -0.2) is 49.9 Å². The molecule has 0 atom stereocenters. The van der Waals surface area contributed by atoms with Gasteiger partial charge in [0.05, 0.1) is 35.7 Å². The van der Waals surface area contributed by atoms with Crippen molar-refractivity contribution in [3.63, 3.8) is 0 Å². The number of carbonyl (C=O) groups excluding carboxylic acids is 2. The molecule has 1 aliphatic heterocycles. The summed E-state index contributed by atoms with van der Waals surface area (Å²) in [5, 5.41) is 12.1. The van der Waals surface area contributed by atoms with E-state index in [1.807, 2.05) is 0 Å². The minimum Gasteiger partial charge on any atom is -0.508 e. The summed E-state index contributed by atoms with van der Waals surface area (Å²) in [6.07, 6.45) is -4.58. The molecule has 0 aromatic heterocycles. The maximum absolute atomic E-state index is 13.1. The first-order valence-electron chi connectivity index (χ1n) is 9.45. The summed E-state index contributed by atoms with van der Waals surface area (Å²) in [5.74, 6) is -1.74. The Balaban J connectivity index is 1.72. The fourth-order valence-electron chi connectivity index (χ4n) is 3.03. The van der Waals surface area contributed by atoms with E-state index >= 15 is 0 Å². The number of anilines is 2. The second-order valence-corrected chi connectivity index (χ2v) is 6.95. The highest BCUT2D eigenvalue weighted by molar-refractivity contribution is 5.98. The SMILES string of the molecule is Cc1ccc(C(=O)OCC(=O)Nc2cc(C(F)(F)F)ccc2N2CCOCC2)cc1O. The number of aryl methyl sites for hydroxylation is 1. The van der Waals surface area contributed by atoms with E-state index in [1.54, 1.807) is 11.8 Å². The van der Waals surface area contributed by atoms with Crippen LogP contribution in [0.2, 0.25) is 0 Å². The number of aromatic hydroxyl groups is 1. The highest BCUT2D eigenvalue weighted by atomic mass is 19.4.